The molecule has 0 saturated heterocycles. The summed E-state index contributed by atoms with van der Waals surface area (Å²) in [6.07, 6.45) is 1.52. The molecule has 0 radical (unpaired) electrons. The highest BCUT2D eigenvalue weighted by Gasteiger charge is 2.11. The van der Waals surface area contributed by atoms with Crippen molar-refractivity contribution in [3.8, 4) is 0 Å². The van der Waals surface area contributed by atoms with E-state index < -0.39 is 17.5 Å². The van der Waals surface area contributed by atoms with E-state index in [-0.39, 0.29) is 23.6 Å². The fraction of sp³-hybridized carbons (Fsp3) is 0.280. The summed E-state index contributed by atoms with van der Waals surface area (Å²) in [6.45, 7) is 10.1. The lowest BCUT2D eigenvalue weighted by Crippen LogP contribution is -2.23. The predicted molar refractivity (Wildman–Crippen MR) is 122 cm³/mol. The molecule has 0 aliphatic carbocycles. The summed E-state index contributed by atoms with van der Waals surface area (Å²) in [6, 6.07) is 12.5. The number of furan rings is 1. The molecule has 32 heavy (non-hydrogen) atoms. The van der Waals surface area contributed by atoms with Crippen molar-refractivity contribution in [2.45, 2.75) is 41.2 Å². The van der Waals surface area contributed by atoms with Crippen molar-refractivity contribution in [2.24, 2.45) is 0 Å². The molecule has 3 rings (SSSR count). The van der Waals surface area contributed by atoms with Crippen molar-refractivity contribution in [3.63, 3.8) is 0 Å². The molecule has 2 N–H and O–H groups in total. The first-order chi connectivity index (χ1) is 15.3. The van der Waals surface area contributed by atoms with E-state index in [2.05, 4.69) is 10.6 Å². The minimum atomic E-state index is -0.512. The van der Waals surface area contributed by atoms with Gasteiger partial charge in [0.2, 0.25) is 0 Å². The van der Waals surface area contributed by atoms with E-state index in [1.54, 1.807) is 45.0 Å². The molecule has 5 nitrogen and oxygen atoms in total. The van der Waals surface area contributed by atoms with Crippen LogP contribution in [0, 0.1) is 25.5 Å². The van der Waals surface area contributed by atoms with Gasteiger partial charge in [-0.15, -0.1) is 0 Å². The summed E-state index contributed by atoms with van der Waals surface area (Å²) < 4.78 is 31.7. The fourth-order valence-corrected chi connectivity index (χ4v) is 2.54. The molecule has 1 aromatic heterocycles. The lowest BCUT2D eigenvalue weighted by molar-refractivity contribution is 0.0938. The maximum absolute atomic E-state index is 13.5. The molecule has 2 amide bonds. The number of rotatable bonds is 5. The van der Waals surface area contributed by atoms with Gasteiger partial charge in [0.1, 0.15) is 17.4 Å². The van der Waals surface area contributed by atoms with Crippen LogP contribution in [-0.4, -0.2) is 18.4 Å². The molecule has 3 aromatic rings. The van der Waals surface area contributed by atoms with Crippen LogP contribution in [0.1, 0.15) is 58.4 Å². The summed E-state index contributed by atoms with van der Waals surface area (Å²) in [4.78, 5) is 22.9. The minimum Gasteiger partial charge on any atom is -0.467 e. The Morgan fingerprint density at radius 3 is 1.75 bits per heavy atom. The number of benzene rings is 2. The minimum absolute atomic E-state index is 0.0437. The van der Waals surface area contributed by atoms with Crippen molar-refractivity contribution < 1.29 is 22.8 Å². The summed E-state index contributed by atoms with van der Waals surface area (Å²) >= 11 is 0. The van der Waals surface area contributed by atoms with Crippen LogP contribution in [0.2, 0.25) is 0 Å². The Bertz CT molecular complexity index is 1000. The molecule has 0 spiro atoms. The van der Waals surface area contributed by atoms with Gasteiger partial charge in [-0.05, 0) is 68.3 Å². The highest BCUT2D eigenvalue weighted by atomic mass is 19.1. The van der Waals surface area contributed by atoms with Gasteiger partial charge >= 0.3 is 0 Å². The van der Waals surface area contributed by atoms with E-state index in [0.717, 1.165) is 11.1 Å². The quantitative estimate of drug-likeness (QED) is 0.541. The zero-order valence-corrected chi connectivity index (χ0v) is 19.1. The van der Waals surface area contributed by atoms with Crippen molar-refractivity contribution >= 4 is 11.8 Å². The standard InChI is InChI=1S/C13H12FNO2.C10H12FNO.C2H6/c1-9-4-5-11(12(14)7-9)13(16)15-8-10-3-2-6-17-10;1-3-12-10(13)8-5-4-7(2)6-9(8)11;1-2/h2-7H,8H2,1H3,(H,15,16);4-6H,3H2,1-2H3,(H,12,13);1-2H3. The first-order valence-electron chi connectivity index (χ1n) is 10.4. The SMILES string of the molecule is CC.CCNC(=O)c1ccc(C)cc1F.Cc1ccc(C(=O)NCc2ccco2)c(F)c1. The topological polar surface area (TPSA) is 71.3 Å². The third-order valence-corrected chi connectivity index (χ3v) is 4.08. The maximum Gasteiger partial charge on any atom is 0.254 e. The lowest BCUT2D eigenvalue weighted by Gasteiger charge is -2.05. The van der Waals surface area contributed by atoms with Crippen LogP contribution in [-0.2, 0) is 6.54 Å². The Hall–Kier alpha value is -3.48. The second kappa shape index (κ2) is 13.7. The normalized spacial score (nSPS) is 9.59. The van der Waals surface area contributed by atoms with Crippen molar-refractivity contribution in [1.29, 1.82) is 0 Å². The maximum atomic E-state index is 13.5. The summed E-state index contributed by atoms with van der Waals surface area (Å²) in [7, 11) is 0. The average molecular weight is 445 g/mol. The number of carbonyl (C=O) groups excluding carboxylic acids is 2. The first kappa shape index (κ1) is 26.6. The van der Waals surface area contributed by atoms with Crippen LogP contribution >= 0.6 is 0 Å². The summed E-state index contributed by atoms with van der Waals surface area (Å²) in [5.41, 5.74) is 1.74. The molecular weight excluding hydrogens is 414 g/mol. The average Bonchev–Trinajstić information content (AvgIpc) is 3.28. The second-order valence-corrected chi connectivity index (χ2v) is 6.59. The van der Waals surface area contributed by atoms with Crippen LogP contribution in [0.4, 0.5) is 8.78 Å². The van der Waals surface area contributed by atoms with Gasteiger partial charge in [0.05, 0.1) is 23.9 Å². The van der Waals surface area contributed by atoms with E-state index in [9.17, 15) is 18.4 Å². The molecule has 0 bridgehead atoms. The molecule has 0 aliphatic rings. The monoisotopic (exact) mass is 444 g/mol. The molecule has 0 unspecified atom stereocenters. The van der Waals surface area contributed by atoms with Crippen LogP contribution in [0.3, 0.4) is 0 Å². The summed E-state index contributed by atoms with van der Waals surface area (Å²) in [5, 5.41) is 5.13. The summed E-state index contributed by atoms with van der Waals surface area (Å²) in [5.74, 6) is -1.15. The smallest absolute Gasteiger partial charge is 0.254 e. The molecule has 7 heteroatoms. The van der Waals surface area contributed by atoms with Crippen molar-refractivity contribution in [2.75, 3.05) is 6.54 Å². The molecule has 172 valence electrons. The van der Waals surface area contributed by atoms with E-state index in [1.165, 1.54) is 30.5 Å². The lowest BCUT2D eigenvalue weighted by atomic mass is 10.1. The van der Waals surface area contributed by atoms with Crippen LogP contribution < -0.4 is 10.6 Å². The van der Waals surface area contributed by atoms with Gasteiger partial charge < -0.3 is 15.1 Å². The van der Waals surface area contributed by atoms with Gasteiger partial charge in [0, 0.05) is 6.54 Å². The highest BCUT2D eigenvalue weighted by molar-refractivity contribution is 5.94. The van der Waals surface area contributed by atoms with Gasteiger partial charge in [0.25, 0.3) is 11.8 Å². The van der Waals surface area contributed by atoms with Gasteiger partial charge in [-0.1, -0.05) is 26.0 Å². The van der Waals surface area contributed by atoms with Crippen LogP contribution in [0.25, 0.3) is 0 Å². The van der Waals surface area contributed by atoms with Gasteiger partial charge in [0.15, 0.2) is 0 Å². The molecule has 0 atom stereocenters. The van der Waals surface area contributed by atoms with E-state index >= 15 is 0 Å². The molecule has 0 fully saturated rings. The second-order valence-electron chi connectivity index (χ2n) is 6.59. The van der Waals surface area contributed by atoms with Crippen molar-refractivity contribution in [3.05, 3.63) is 94.4 Å². The number of amides is 2. The Morgan fingerprint density at radius 2 is 1.34 bits per heavy atom. The van der Waals surface area contributed by atoms with E-state index in [4.69, 9.17) is 4.42 Å². The van der Waals surface area contributed by atoms with E-state index in [1.807, 2.05) is 13.8 Å². The number of hydrogen-bond donors (Lipinski definition) is 2. The van der Waals surface area contributed by atoms with Crippen molar-refractivity contribution in [1.82, 2.24) is 10.6 Å². The molecule has 0 saturated carbocycles. The van der Waals surface area contributed by atoms with Gasteiger partial charge in [-0.25, -0.2) is 8.78 Å². The zero-order valence-electron chi connectivity index (χ0n) is 19.1. The number of nitrogens with one attached hydrogen (secondary N) is 2. The number of hydrogen-bond acceptors (Lipinski definition) is 3. The third kappa shape index (κ3) is 8.34. The van der Waals surface area contributed by atoms with E-state index in [0.29, 0.717) is 12.3 Å². The number of halogens is 2. The number of aryl methyl sites for hydroxylation is 2. The van der Waals surface area contributed by atoms with Crippen LogP contribution in [0.5, 0.6) is 0 Å². The largest absolute Gasteiger partial charge is 0.467 e. The number of carbonyl (C=O) groups is 2. The zero-order chi connectivity index (χ0) is 24.1. The molecule has 1 heterocycles. The molecule has 2 aromatic carbocycles. The fourth-order valence-electron chi connectivity index (χ4n) is 2.54. The van der Waals surface area contributed by atoms with Gasteiger partial charge in [-0.3, -0.25) is 9.59 Å². The Balaban J connectivity index is 0.000000307. The Kier molecular flexibility index (Phi) is 11.4. The Labute approximate surface area is 187 Å². The molecular formula is C25H30F2N2O3. The predicted octanol–water partition coefficient (Wildman–Crippen LogP) is 5.57. The third-order valence-electron chi connectivity index (χ3n) is 4.08. The first-order valence-corrected chi connectivity index (χ1v) is 10.4. The highest BCUT2D eigenvalue weighted by Crippen LogP contribution is 2.10. The van der Waals surface area contributed by atoms with Gasteiger partial charge in [-0.2, -0.15) is 0 Å². The Morgan fingerprint density at radius 1 is 0.844 bits per heavy atom. The molecule has 0 aliphatic heterocycles. The van der Waals surface area contributed by atoms with Crippen LogP contribution in [0.15, 0.2) is 59.2 Å².